The molecule has 0 saturated carbocycles. The minimum Gasteiger partial charge on any atom is -0.377 e. The highest BCUT2D eigenvalue weighted by atomic mass is 32.2. The fourth-order valence-electron chi connectivity index (χ4n) is 2.07. The lowest BCUT2D eigenvalue weighted by Gasteiger charge is -2.31. The second kappa shape index (κ2) is 9.08. The molecule has 1 unspecified atom stereocenters. The minimum atomic E-state index is -3.87. The van der Waals surface area contributed by atoms with E-state index in [-0.39, 0.29) is 11.3 Å². The fourth-order valence-corrected chi connectivity index (χ4v) is 4.76. The van der Waals surface area contributed by atoms with Gasteiger partial charge in [-0.05, 0) is 33.0 Å². The molecule has 0 aliphatic rings. The van der Waals surface area contributed by atoms with Crippen LogP contribution in [-0.2, 0) is 23.4 Å². The molecule has 0 fully saturated rings. The summed E-state index contributed by atoms with van der Waals surface area (Å²) in [6.45, 7) is 3.40. The fraction of sp³-hybridized carbons (Fsp3) is 1.00. The van der Waals surface area contributed by atoms with Gasteiger partial charge in [0.2, 0.25) is 0 Å². The lowest BCUT2D eigenvalue weighted by molar-refractivity contribution is 0.110. The van der Waals surface area contributed by atoms with Crippen molar-refractivity contribution in [2.75, 3.05) is 47.2 Å². The number of hydrogen-bond acceptors (Lipinski definition) is 6. The molecule has 0 bridgehead atoms. The zero-order chi connectivity index (χ0) is 15.8. The van der Waals surface area contributed by atoms with Gasteiger partial charge in [-0.3, -0.25) is 4.55 Å². The van der Waals surface area contributed by atoms with Gasteiger partial charge in [-0.2, -0.15) is 8.42 Å². The Kier molecular flexibility index (Phi) is 9.07. The third kappa shape index (κ3) is 7.11. The Morgan fingerprint density at radius 1 is 1.15 bits per heavy atom. The van der Waals surface area contributed by atoms with Crippen molar-refractivity contribution >= 4 is 18.9 Å². The number of hydrogen-bond donors (Lipinski definition) is 1. The summed E-state index contributed by atoms with van der Waals surface area (Å²) in [5.74, 6) is -0.209. The first-order chi connectivity index (χ1) is 9.20. The van der Waals surface area contributed by atoms with E-state index in [2.05, 4.69) is 0 Å². The van der Waals surface area contributed by atoms with E-state index < -0.39 is 18.9 Å². The van der Waals surface area contributed by atoms with Gasteiger partial charge < -0.3 is 18.2 Å². The highest BCUT2D eigenvalue weighted by molar-refractivity contribution is 7.85. The molecular formula is C11H27NO6SSi. The van der Waals surface area contributed by atoms with Crippen LogP contribution in [0.4, 0.5) is 0 Å². The van der Waals surface area contributed by atoms with Crippen molar-refractivity contribution in [3.8, 4) is 0 Å². The van der Waals surface area contributed by atoms with Gasteiger partial charge in [0.1, 0.15) is 0 Å². The normalized spacial score (nSPS) is 14.8. The van der Waals surface area contributed by atoms with Crippen molar-refractivity contribution in [1.29, 1.82) is 0 Å². The summed E-state index contributed by atoms with van der Waals surface area (Å²) < 4.78 is 46.2. The molecule has 0 rings (SSSR count). The van der Waals surface area contributed by atoms with Crippen molar-refractivity contribution in [3.05, 3.63) is 0 Å². The van der Waals surface area contributed by atoms with Crippen LogP contribution in [0.3, 0.4) is 0 Å². The third-order valence-corrected chi connectivity index (χ3v) is 7.35. The van der Waals surface area contributed by atoms with E-state index in [9.17, 15) is 8.42 Å². The zero-order valence-corrected chi connectivity index (χ0v) is 14.8. The molecule has 0 aliphatic heterocycles. The highest BCUT2D eigenvalue weighted by Crippen LogP contribution is 2.26. The average Bonchev–Trinajstić information content (AvgIpc) is 2.37. The van der Waals surface area contributed by atoms with E-state index >= 15 is 0 Å². The highest BCUT2D eigenvalue weighted by Gasteiger charge is 2.44. The zero-order valence-electron chi connectivity index (χ0n) is 13.0. The smallest absolute Gasteiger partial charge is 0.377 e. The van der Waals surface area contributed by atoms with E-state index in [4.69, 9.17) is 17.8 Å². The first kappa shape index (κ1) is 20.0. The van der Waals surface area contributed by atoms with Gasteiger partial charge in [-0.15, -0.1) is 0 Å². The van der Waals surface area contributed by atoms with Crippen LogP contribution in [0.1, 0.15) is 19.8 Å². The van der Waals surface area contributed by atoms with Gasteiger partial charge in [0.15, 0.2) is 0 Å². The summed E-state index contributed by atoms with van der Waals surface area (Å²) in [5, 5.41) is 0. The van der Waals surface area contributed by atoms with Gasteiger partial charge in [0.25, 0.3) is 10.1 Å². The van der Waals surface area contributed by atoms with Gasteiger partial charge >= 0.3 is 8.80 Å². The van der Waals surface area contributed by atoms with E-state index in [1.807, 2.05) is 18.9 Å². The van der Waals surface area contributed by atoms with Crippen molar-refractivity contribution in [2.24, 2.45) is 0 Å². The summed E-state index contributed by atoms with van der Waals surface area (Å²) in [4.78, 5) is 2.02. The van der Waals surface area contributed by atoms with E-state index in [0.717, 1.165) is 13.0 Å². The van der Waals surface area contributed by atoms with Gasteiger partial charge in [-0.25, -0.2) is 0 Å². The lowest BCUT2D eigenvalue weighted by Crippen LogP contribution is -2.47. The molecule has 0 aromatic heterocycles. The predicted octanol–water partition coefficient (Wildman–Crippen LogP) is 0.854. The Morgan fingerprint density at radius 3 is 2.05 bits per heavy atom. The van der Waals surface area contributed by atoms with Crippen LogP contribution in [0.15, 0.2) is 0 Å². The molecule has 0 saturated heterocycles. The van der Waals surface area contributed by atoms with Gasteiger partial charge in [0, 0.05) is 26.9 Å². The van der Waals surface area contributed by atoms with Crippen LogP contribution < -0.4 is 0 Å². The topological polar surface area (TPSA) is 85.3 Å². The molecule has 9 heteroatoms. The molecule has 0 spiro atoms. The van der Waals surface area contributed by atoms with Crippen molar-refractivity contribution in [1.82, 2.24) is 4.90 Å². The number of nitrogens with zero attached hydrogens (tertiary/aromatic N) is 1. The second-order valence-electron chi connectivity index (χ2n) is 4.85. The molecular weight excluding hydrogens is 302 g/mol. The van der Waals surface area contributed by atoms with Crippen LogP contribution in [0.25, 0.3) is 0 Å². The van der Waals surface area contributed by atoms with E-state index in [0.29, 0.717) is 13.0 Å². The van der Waals surface area contributed by atoms with Crippen LogP contribution in [0.2, 0.25) is 5.54 Å². The lowest BCUT2D eigenvalue weighted by atomic mass is 10.3. The second-order valence-corrected chi connectivity index (χ2v) is 9.84. The van der Waals surface area contributed by atoms with E-state index in [1.54, 1.807) is 21.3 Å². The maximum absolute atomic E-state index is 10.6. The largest absolute Gasteiger partial charge is 0.503 e. The Bertz CT molecular complexity index is 352. The van der Waals surface area contributed by atoms with Crippen LogP contribution in [0, 0.1) is 0 Å². The standard InChI is InChI=1S/C11H27NO6SSi/c1-11(20(16-3,17-4)18-5)7-9-12(2)8-6-10-19(13,14)15/h11H,6-10H2,1-5H3,(H,13,14,15). The third-order valence-electron chi connectivity index (χ3n) is 3.34. The molecule has 0 radical (unpaired) electrons. The molecule has 0 aliphatic carbocycles. The molecule has 0 aromatic carbocycles. The summed E-state index contributed by atoms with van der Waals surface area (Å²) >= 11 is 0. The van der Waals surface area contributed by atoms with Crippen LogP contribution >= 0.6 is 0 Å². The van der Waals surface area contributed by atoms with Crippen LogP contribution in [-0.4, -0.2) is 73.9 Å². The molecule has 0 aromatic rings. The quantitative estimate of drug-likeness (QED) is 0.444. The van der Waals surface area contributed by atoms with Gasteiger partial charge in [0.05, 0.1) is 5.75 Å². The first-order valence-electron chi connectivity index (χ1n) is 6.50. The minimum absolute atomic E-state index is 0.145. The maximum Gasteiger partial charge on any atom is 0.503 e. The Balaban J connectivity index is 4.14. The average molecular weight is 329 g/mol. The molecule has 1 atom stereocenters. The summed E-state index contributed by atoms with van der Waals surface area (Å²) in [5.41, 5.74) is 0.145. The maximum atomic E-state index is 10.6. The van der Waals surface area contributed by atoms with Crippen molar-refractivity contribution < 1.29 is 26.2 Å². The number of rotatable bonds is 11. The molecule has 0 heterocycles. The molecule has 1 N–H and O–H groups in total. The van der Waals surface area contributed by atoms with E-state index in [1.165, 1.54) is 0 Å². The summed E-state index contributed by atoms with van der Waals surface area (Å²) in [6.07, 6.45) is 1.23. The van der Waals surface area contributed by atoms with Gasteiger partial charge in [-0.1, -0.05) is 6.92 Å². The molecule has 7 nitrogen and oxygen atoms in total. The monoisotopic (exact) mass is 329 g/mol. The van der Waals surface area contributed by atoms with Crippen molar-refractivity contribution in [2.45, 2.75) is 25.3 Å². The Morgan fingerprint density at radius 2 is 1.65 bits per heavy atom. The summed E-state index contributed by atoms with van der Waals surface area (Å²) in [7, 11) is 0.198. The SMILES string of the molecule is CO[Si](OC)(OC)C(C)CCN(C)CCCS(=O)(=O)O. The van der Waals surface area contributed by atoms with Crippen LogP contribution in [0.5, 0.6) is 0 Å². The predicted molar refractivity (Wildman–Crippen MR) is 79.4 cm³/mol. The Hall–Kier alpha value is -0.0331. The Labute approximate surface area is 123 Å². The molecule has 122 valence electrons. The first-order valence-corrected chi connectivity index (χ1v) is 9.91. The molecule has 20 heavy (non-hydrogen) atoms. The molecule has 0 amide bonds. The summed E-state index contributed by atoms with van der Waals surface area (Å²) in [6, 6.07) is 0. The van der Waals surface area contributed by atoms with Crippen molar-refractivity contribution in [3.63, 3.8) is 0 Å².